The standard InChI is InChI=1S/C12H21NOS2/c14-12(11-9-15-6-7-16-11)13-8-10-4-2-1-3-5-10/h10-11H,1-9H2,(H,13,14). The van der Waals surface area contributed by atoms with Crippen LogP contribution in [0.5, 0.6) is 0 Å². The van der Waals surface area contributed by atoms with Gasteiger partial charge in [-0.15, -0.1) is 11.8 Å². The van der Waals surface area contributed by atoms with Gasteiger partial charge in [-0.2, -0.15) is 11.8 Å². The van der Waals surface area contributed by atoms with Gasteiger partial charge in [0.1, 0.15) is 0 Å². The van der Waals surface area contributed by atoms with Crippen molar-refractivity contribution in [3.63, 3.8) is 0 Å². The van der Waals surface area contributed by atoms with Crippen molar-refractivity contribution in [3.05, 3.63) is 0 Å². The second kappa shape index (κ2) is 6.80. The maximum Gasteiger partial charge on any atom is 0.233 e. The molecule has 0 aromatic rings. The fourth-order valence-electron chi connectivity index (χ4n) is 2.39. The number of hydrogen-bond donors (Lipinski definition) is 1. The summed E-state index contributed by atoms with van der Waals surface area (Å²) in [7, 11) is 0. The molecular weight excluding hydrogens is 238 g/mol. The predicted molar refractivity (Wildman–Crippen MR) is 73.2 cm³/mol. The highest BCUT2D eigenvalue weighted by Crippen LogP contribution is 2.25. The lowest BCUT2D eigenvalue weighted by molar-refractivity contribution is -0.120. The van der Waals surface area contributed by atoms with Gasteiger partial charge in [0.25, 0.3) is 0 Å². The Morgan fingerprint density at radius 2 is 2.00 bits per heavy atom. The number of thioether (sulfide) groups is 2. The summed E-state index contributed by atoms with van der Waals surface area (Å²) in [5, 5.41) is 3.36. The number of carbonyl (C=O) groups excluding carboxylic acids is 1. The molecule has 0 aromatic carbocycles. The lowest BCUT2D eigenvalue weighted by Crippen LogP contribution is -2.38. The molecule has 4 heteroatoms. The molecule has 1 saturated heterocycles. The summed E-state index contributed by atoms with van der Waals surface area (Å²) in [5.41, 5.74) is 0. The molecule has 16 heavy (non-hydrogen) atoms. The van der Waals surface area contributed by atoms with Crippen molar-refractivity contribution < 1.29 is 4.79 Å². The molecule has 1 aliphatic heterocycles. The number of rotatable bonds is 3. The Bertz CT molecular complexity index is 223. The Balaban J connectivity index is 1.65. The molecule has 2 nitrogen and oxygen atoms in total. The second-order valence-corrected chi connectivity index (χ2v) is 7.14. The minimum atomic E-state index is 0.211. The van der Waals surface area contributed by atoms with Crippen LogP contribution in [0.15, 0.2) is 0 Å². The van der Waals surface area contributed by atoms with Crippen LogP contribution in [0.4, 0.5) is 0 Å². The first-order chi connectivity index (χ1) is 7.86. The smallest absolute Gasteiger partial charge is 0.233 e. The Morgan fingerprint density at radius 1 is 1.19 bits per heavy atom. The van der Waals surface area contributed by atoms with E-state index < -0.39 is 0 Å². The molecule has 0 radical (unpaired) electrons. The SMILES string of the molecule is O=C(NCC1CCCCC1)C1CSCCS1. The number of hydrogen-bond acceptors (Lipinski definition) is 3. The highest BCUT2D eigenvalue weighted by Gasteiger charge is 2.23. The summed E-state index contributed by atoms with van der Waals surface area (Å²) in [4.78, 5) is 11.9. The van der Waals surface area contributed by atoms with Gasteiger partial charge in [-0.1, -0.05) is 19.3 Å². The molecule has 0 spiro atoms. The summed E-state index contributed by atoms with van der Waals surface area (Å²) in [5.74, 6) is 4.37. The van der Waals surface area contributed by atoms with E-state index >= 15 is 0 Å². The Hall–Kier alpha value is 0.170. The van der Waals surface area contributed by atoms with Gasteiger partial charge >= 0.3 is 0 Å². The lowest BCUT2D eigenvalue weighted by atomic mass is 9.89. The van der Waals surface area contributed by atoms with Crippen molar-refractivity contribution in [1.82, 2.24) is 5.32 Å². The zero-order valence-electron chi connectivity index (χ0n) is 9.74. The second-order valence-electron chi connectivity index (χ2n) is 4.68. The van der Waals surface area contributed by atoms with Gasteiger partial charge in [0.2, 0.25) is 5.91 Å². The first-order valence-electron chi connectivity index (χ1n) is 6.33. The van der Waals surface area contributed by atoms with Gasteiger partial charge in [-0.05, 0) is 18.8 Å². The van der Waals surface area contributed by atoms with Crippen molar-refractivity contribution in [3.8, 4) is 0 Å². The number of nitrogens with one attached hydrogen (secondary N) is 1. The van der Waals surface area contributed by atoms with E-state index in [1.165, 1.54) is 37.9 Å². The first-order valence-corrected chi connectivity index (χ1v) is 8.53. The van der Waals surface area contributed by atoms with Crippen molar-refractivity contribution in [2.45, 2.75) is 37.4 Å². The van der Waals surface area contributed by atoms with E-state index in [2.05, 4.69) is 5.32 Å². The van der Waals surface area contributed by atoms with Crippen LogP contribution in [0.2, 0.25) is 0 Å². The van der Waals surface area contributed by atoms with E-state index in [-0.39, 0.29) is 11.2 Å². The Kier molecular flexibility index (Phi) is 5.36. The summed E-state index contributed by atoms with van der Waals surface area (Å²) in [6, 6.07) is 0. The van der Waals surface area contributed by atoms with Crippen LogP contribution in [-0.4, -0.2) is 35.0 Å². The van der Waals surface area contributed by atoms with Gasteiger partial charge in [-0.25, -0.2) is 0 Å². The van der Waals surface area contributed by atoms with Crippen LogP contribution in [0, 0.1) is 5.92 Å². The van der Waals surface area contributed by atoms with Crippen LogP contribution in [-0.2, 0) is 4.79 Å². The maximum atomic E-state index is 11.9. The topological polar surface area (TPSA) is 29.1 Å². The molecule has 1 amide bonds. The number of carbonyl (C=O) groups is 1. The van der Waals surface area contributed by atoms with Crippen molar-refractivity contribution in [1.29, 1.82) is 0 Å². The van der Waals surface area contributed by atoms with Gasteiger partial charge in [-0.3, -0.25) is 4.79 Å². The average molecular weight is 259 g/mol. The zero-order valence-corrected chi connectivity index (χ0v) is 11.4. The molecule has 2 fully saturated rings. The van der Waals surface area contributed by atoms with Gasteiger partial charge in [0.05, 0.1) is 5.25 Å². The zero-order chi connectivity index (χ0) is 11.2. The monoisotopic (exact) mass is 259 g/mol. The van der Waals surface area contributed by atoms with Crippen LogP contribution in [0.1, 0.15) is 32.1 Å². The molecule has 1 aliphatic carbocycles. The molecule has 92 valence electrons. The molecule has 1 heterocycles. The molecule has 0 bridgehead atoms. The van der Waals surface area contributed by atoms with E-state index in [4.69, 9.17) is 0 Å². The third-order valence-corrected chi connectivity index (χ3v) is 6.15. The molecule has 1 N–H and O–H groups in total. The predicted octanol–water partition coefficient (Wildman–Crippen LogP) is 2.53. The van der Waals surface area contributed by atoms with Crippen molar-refractivity contribution >= 4 is 29.4 Å². The maximum absolute atomic E-state index is 11.9. The fourth-order valence-corrected chi connectivity index (χ4v) is 4.97. The van der Waals surface area contributed by atoms with Crippen molar-refractivity contribution in [2.24, 2.45) is 5.92 Å². The molecule has 1 unspecified atom stereocenters. The quantitative estimate of drug-likeness (QED) is 0.844. The first kappa shape index (κ1) is 12.6. The van der Waals surface area contributed by atoms with Crippen LogP contribution < -0.4 is 5.32 Å². The lowest BCUT2D eigenvalue weighted by Gasteiger charge is -2.24. The normalized spacial score (nSPS) is 27.6. The summed E-state index contributed by atoms with van der Waals surface area (Å²) < 4.78 is 0. The molecule has 2 aliphatic rings. The summed E-state index contributed by atoms with van der Waals surface area (Å²) >= 11 is 3.74. The van der Waals surface area contributed by atoms with E-state index in [0.717, 1.165) is 24.0 Å². The van der Waals surface area contributed by atoms with Gasteiger partial charge in [0, 0.05) is 23.8 Å². The van der Waals surface area contributed by atoms with E-state index in [9.17, 15) is 4.79 Å². The van der Waals surface area contributed by atoms with E-state index in [1.54, 1.807) is 0 Å². The molecule has 1 atom stereocenters. The molecular formula is C12H21NOS2. The molecule has 0 aromatic heterocycles. The van der Waals surface area contributed by atoms with E-state index in [0.29, 0.717) is 0 Å². The average Bonchev–Trinajstić information content (AvgIpc) is 2.38. The third-order valence-electron chi connectivity index (χ3n) is 3.40. The minimum absolute atomic E-state index is 0.211. The summed E-state index contributed by atoms with van der Waals surface area (Å²) in [6.07, 6.45) is 6.72. The number of amides is 1. The fraction of sp³-hybridized carbons (Fsp3) is 0.917. The van der Waals surface area contributed by atoms with Gasteiger partial charge < -0.3 is 5.32 Å². The summed E-state index contributed by atoms with van der Waals surface area (Å²) in [6.45, 7) is 0.917. The highest BCUT2D eigenvalue weighted by molar-refractivity contribution is 8.07. The third kappa shape index (κ3) is 3.88. The molecule has 2 rings (SSSR count). The highest BCUT2D eigenvalue weighted by atomic mass is 32.2. The van der Waals surface area contributed by atoms with Gasteiger partial charge in [0.15, 0.2) is 0 Å². The Morgan fingerprint density at radius 3 is 2.69 bits per heavy atom. The molecule has 1 saturated carbocycles. The van der Waals surface area contributed by atoms with Crippen LogP contribution in [0.3, 0.4) is 0 Å². The van der Waals surface area contributed by atoms with Crippen LogP contribution >= 0.6 is 23.5 Å². The van der Waals surface area contributed by atoms with E-state index in [1.807, 2.05) is 23.5 Å². The Labute approximate surface area is 107 Å². The van der Waals surface area contributed by atoms with Crippen LogP contribution in [0.25, 0.3) is 0 Å². The minimum Gasteiger partial charge on any atom is -0.355 e. The largest absolute Gasteiger partial charge is 0.355 e. The van der Waals surface area contributed by atoms with Crippen molar-refractivity contribution in [2.75, 3.05) is 23.8 Å².